The van der Waals surface area contributed by atoms with Gasteiger partial charge in [-0.3, -0.25) is 9.59 Å². The van der Waals surface area contributed by atoms with Crippen LogP contribution >= 0.6 is 0 Å². The number of nitrogens with one attached hydrogen (secondary N) is 2. The zero-order valence-electron chi connectivity index (χ0n) is 19.9. The van der Waals surface area contributed by atoms with Gasteiger partial charge in [0.2, 0.25) is 5.91 Å². The maximum Gasteiger partial charge on any atom is 0.239 e. The highest BCUT2D eigenvalue weighted by molar-refractivity contribution is 6.01. The first-order valence-electron chi connectivity index (χ1n) is 11.6. The highest BCUT2D eigenvalue weighted by Gasteiger charge is 2.40. The maximum absolute atomic E-state index is 13.3. The van der Waals surface area contributed by atoms with Gasteiger partial charge in [-0.25, -0.2) is 0 Å². The van der Waals surface area contributed by atoms with Crippen LogP contribution < -0.4 is 20.3 Å². The molecule has 1 amide bonds. The lowest BCUT2D eigenvalue weighted by Crippen LogP contribution is -2.46. The Morgan fingerprint density at radius 3 is 2.58 bits per heavy atom. The summed E-state index contributed by atoms with van der Waals surface area (Å²) in [5.41, 5.74) is 4.64. The molecule has 174 valence electrons. The van der Waals surface area contributed by atoms with Crippen molar-refractivity contribution in [2.45, 2.75) is 52.6 Å². The fourth-order valence-corrected chi connectivity index (χ4v) is 4.92. The average Bonchev–Trinajstić information content (AvgIpc) is 2.91. The molecular weight excluding hydrogens is 414 g/mol. The average molecular weight is 448 g/mol. The van der Waals surface area contributed by atoms with E-state index in [0.29, 0.717) is 13.0 Å². The highest BCUT2D eigenvalue weighted by Crippen LogP contribution is 2.44. The van der Waals surface area contributed by atoms with Gasteiger partial charge in [-0.05, 0) is 48.1 Å². The predicted molar refractivity (Wildman–Crippen MR) is 131 cm³/mol. The Kier molecular flexibility index (Phi) is 6.45. The number of Topliss-reactive ketones (excluding diaryl/α,β-unsaturated/α-hetero) is 1. The number of hydrogen-bond acceptors (Lipinski definition) is 5. The van der Waals surface area contributed by atoms with Crippen molar-refractivity contribution in [1.82, 2.24) is 5.32 Å². The van der Waals surface area contributed by atoms with Crippen molar-refractivity contribution >= 4 is 23.1 Å². The van der Waals surface area contributed by atoms with Crippen LogP contribution in [0.3, 0.4) is 0 Å². The van der Waals surface area contributed by atoms with Crippen LogP contribution in [-0.2, 0) is 16.1 Å². The molecule has 0 unspecified atom stereocenters. The van der Waals surface area contributed by atoms with Crippen molar-refractivity contribution in [1.29, 1.82) is 0 Å². The van der Waals surface area contributed by atoms with E-state index in [1.54, 1.807) is 7.11 Å². The van der Waals surface area contributed by atoms with Gasteiger partial charge in [0.1, 0.15) is 5.75 Å². The van der Waals surface area contributed by atoms with Crippen molar-refractivity contribution in [3.05, 3.63) is 65.4 Å². The Hall–Kier alpha value is -3.28. The third-order valence-electron chi connectivity index (χ3n) is 6.48. The molecule has 0 saturated carbocycles. The van der Waals surface area contributed by atoms with Crippen LogP contribution in [0.1, 0.15) is 45.6 Å². The van der Waals surface area contributed by atoms with E-state index in [1.165, 1.54) is 0 Å². The SMILES string of the molecule is CC[C@@H]1C2=C(CC(C)(C)CC2=O)Nc2ccccc2N1CC(=O)NCc1ccc(OC)cc1. The van der Waals surface area contributed by atoms with Crippen LogP contribution in [0.15, 0.2) is 59.8 Å². The van der Waals surface area contributed by atoms with Crippen LogP contribution in [-0.4, -0.2) is 31.4 Å². The van der Waals surface area contributed by atoms with Crippen LogP contribution in [0, 0.1) is 5.41 Å². The molecule has 6 heteroatoms. The van der Waals surface area contributed by atoms with Gasteiger partial charge in [0, 0.05) is 24.2 Å². The van der Waals surface area contributed by atoms with Gasteiger partial charge in [-0.2, -0.15) is 0 Å². The van der Waals surface area contributed by atoms with E-state index in [0.717, 1.165) is 46.8 Å². The first kappa shape index (κ1) is 22.9. The molecule has 0 aromatic heterocycles. The molecule has 0 saturated heterocycles. The lowest BCUT2D eigenvalue weighted by atomic mass is 9.74. The fourth-order valence-electron chi connectivity index (χ4n) is 4.92. The van der Waals surface area contributed by atoms with E-state index >= 15 is 0 Å². The molecule has 0 bridgehead atoms. The Morgan fingerprint density at radius 1 is 1.15 bits per heavy atom. The van der Waals surface area contributed by atoms with Crippen molar-refractivity contribution in [3.63, 3.8) is 0 Å². The van der Waals surface area contributed by atoms with Crippen molar-refractivity contribution in [3.8, 4) is 5.75 Å². The zero-order valence-corrected chi connectivity index (χ0v) is 19.9. The normalized spacial score (nSPS) is 19.2. The highest BCUT2D eigenvalue weighted by atomic mass is 16.5. The van der Waals surface area contributed by atoms with E-state index in [4.69, 9.17) is 4.74 Å². The molecular formula is C27H33N3O3. The summed E-state index contributed by atoms with van der Waals surface area (Å²) < 4.78 is 5.20. The zero-order chi connectivity index (χ0) is 23.6. The number of fused-ring (bicyclic) bond motifs is 1. The summed E-state index contributed by atoms with van der Waals surface area (Å²) in [7, 11) is 1.63. The second-order valence-electron chi connectivity index (χ2n) is 9.65. The summed E-state index contributed by atoms with van der Waals surface area (Å²) in [5.74, 6) is 0.887. The van der Waals surface area contributed by atoms with E-state index in [1.807, 2.05) is 48.5 Å². The number of allylic oxidation sites excluding steroid dienone is 1. The number of ether oxygens (including phenoxy) is 1. The number of amides is 1. The molecule has 2 N–H and O–H groups in total. The molecule has 2 aromatic carbocycles. The van der Waals surface area contributed by atoms with Gasteiger partial charge in [0.15, 0.2) is 5.78 Å². The first-order chi connectivity index (χ1) is 15.8. The van der Waals surface area contributed by atoms with Crippen LogP contribution in [0.25, 0.3) is 0 Å². The minimum Gasteiger partial charge on any atom is -0.497 e. The van der Waals surface area contributed by atoms with Gasteiger partial charge in [0.05, 0.1) is 31.1 Å². The molecule has 2 aliphatic rings. The van der Waals surface area contributed by atoms with Crippen LogP contribution in [0.2, 0.25) is 0 Å². The lowest BCUT2D eigenvalue weighted by molar-refractivity contribution is -0.120. The summed E-state index contributed by atoms with van der Waals surface area (Å²) in [6.07, 6.45) is 2.08. The fraction of sp³-hybridized carbons (Fsp3) is 0.407. The summed E-state index contributed by atoms with van der Waals surface area (Å²) in [4.78, 5) is 28.4. The number of rotatable bonds is 6. The number of carbonyl (C=O) groups is 2. The molecule has 1 heterocycles. The van der Waals surface area contributed by atoms with Crippen LogP contribution in [0.4, 0.5) is 11.4 Å². The Balaban J connectivity index is 1.59. The van der Waals surface area contributed by atoms with Gasteiger partial charge in [-0.15, -0.1) is 0 Å². The number of carbonyl (C=O) groups excluding carboxylic acids is 2. The molecule has 2 aromatic rings. The first-order valence-corrected chi connectivity index (χ1v) is 11.6. The quantitative estimate of drug-likeness (QED) is 0.674. The second kappa shape index (κ2) is 9.30. The number of ketones is 1. The number of nitrogens with zero attached hydrogens (tertiary/aromatic N) is 1. The molecule has 33 heavy (non-hydrogen) atoms. The smallest absolute Gasteiger partial charge is 0.239 e. The third-order valence-corrected chi connectivity index (χ3v) is 6.48. The molecule has 1 aliphatic carbocycles. The molecule has 0 radical (unpaired) electrons. The summed E-state index contributed by atoms with van der Waals surface area (Å²) >= 11 is 0. The number of anilines is 2. The molecule has 0 fully saturated rings. The van der Waals surface area contributed by atoms with E-state index in [-0.39, 0.29) is 29.7 Å². The molecule has 1 atom stereocenters. The van der Waals surface area contributed by atoms with Crippen molar-refractivity contribution in [2.75, 3.05) is 23.9 Å². The standard InChI is InChI=1S/C27H33N3O3/c1-5-22-26-21(14-27(2,3)15-24(26)31)29-20-8-6-7-9-23(20)30(22)17-25(32)28-16-18-10-12-19(33-4)13-11-18/h6-13,22,29H,5,14-17H2,1-4H3,(H,28,32)/t22-/m1/s1. The van der Waals surface area contributed by atoms with Gasteiger partial charge >= 0.3 is 0 Å². The van der Waals surface area contributed by atoms with Crippen molar-refractivity contribution < 1.29 is 14.3 Å². The Bertz CT molecular complexity index is 1070. The van der Waals surface area contributed by atoms with Gasteiger partial charge in [0.25, 0.3) is 0 Å². The summed E-state index contributed by atoms with van der Waals surface area (Å²) in [6.45, 7) is 6.98. The second-order valence-corrected chi connectivity index (χ2v) is 9.65. The van der Waals surface area contributed by atoms with Gasteiger partial charge < -0.3 is 20.3 Å². The van der Waals surface area contributed by atoms with Gasteiger partial charge in [-0.1, -0.05) is 45.0 Å². The number of hydrogen-bond donors (Lipinski definition) is 2. The maximum atomic E-state index is 13.3. The van der Waals surface area contributed by atoms with E-state index in [2.05, 4.69) is 36.3 Å². The minimum absolute atomic E-state index is 0.0771. The topological polar surface area (TPSA) is 70.7 Å². The molecule has 0 spiro atoms. The molecule has 6 nitrogen and oxygen atoms in total. The summed E-state index contributed by atoms with van der Waals surface area (Å²) in [6, 6.07) is 15.5. The lowest BCUT2D eigenvalue weighted by Gasteiger charge is -2.37. The molecule has 4 rings (SSSR count). The summed E-state index contributed by atoms with van der Waals surface area (Å²) in [5, 5.41) is 6.59. The van der Waals surface area contributed by atoms with E-state index < -0.39 is 0 Å². The number of methoxy groups -OCH3 is 1. The largest absolute Gasteiger partial charge is 0.497 e. The van der Waals surface area contributed by atoms with Crippen molar-refractivity contribution in [2.24, 2.45) is 5.41 Å². The predicted octanol–water partition coefficient (Wildman–Crippen LogP) is 4.67. The molecule has 1 aliphatic heterocycles. The third kappa shape index (κ3) is 4.90. The van der Waals surface area contributed by atoms with Crippen LogP contribution in [0.5, 0.6) is 5.75 Å². The minimum atomic E-state index is -0.147. The number of para-hydroxylation sites is 2. The Labute approximate surface area is 196 Å². The monoisotopic (exact) mass is 447 g/mol. The number of benzene rings is 2. The Morgan fingerprint density at radius 2 is 1.88 bits per heavy atom. The van der Waals surface area contributed by atoms with E-state index in [9.17, 15) is 9.59 Å².